The van der Waals surface area contributed by atoms with E-state index in [1.807, 2.05) is 36.0 Å². The molecule has 0 saturated heterocycles. The van der Waals surface area contributed by atoms with E-state index in [2.05, 4.69) is 10.2 Å². The molecule has 0 unspecified atom stereocenters. The number of methoxy groups -OCH3 is 1. The van der Waals surface area contributed by atoms with Crippen LogP contribution in [0.2, 0.25) is 0 Å². The average Bonchev–Trinajstić information content (AvgIpc) is 3.05. The van der Waals surface area contributed by atoms with E-state index in [4.69, 9.17) is 9.84 Å². The number of fused-ring (bicyclic) bond motifs is 1. The van der Waals surface area contributed by atoms with Gasteiger partial charge in [0, 0.05) is 24.2 Å². The number of ether oxygens (including phenoxy) is 1. The minimum absolute atomic E-state index is 0.0611. The van der Waals surface area contributed by atoms with Gasteiger partial charge in [0.2, 0.25) is 0 Å². The maximum absolute atomic E-state index is 10.9. The number of nitrogens with one attached hydrogen (secondary N) is 1. The van der Waals surface area contributed by atoms with Gasteiger partial charge in [-0.15, -0.1) is 0 Å². The number of carboxylic acid groups (broad SMARTS) is 1. The Bertz CT molecular complexity index is 801. The van der Waals surface area contributed by atoms with E-state index in [1.165, 1.54) is 6.07 Å². The van der Waals surface area contributed by atoms with E-state index in [0.717, 1.165) is 22.2 Å². The number of carboxylic acids is 1. The number of aromatic amines is 1. The summed E-state index contributed by atoms with van der Waals surface area (Å²) < 4.78 is 7.37. The smallest absolute Gasteiger partial charge is 0.353 e. The molecule has 0 aliphatic heterocycles. The van der Waals surface area contributed by atoms with Gasteiger partial charge < -0.3 is 14.4 Å². The fourth-order valence-electron chi connectivity index (χ4n) is 2.23. The lowest BCUT2D eigenvalue weighted by Crippen LogP contribution is -1.95. The SMILES string of the molecule is COc1cc(-c2cc(C(=O)O)[nH]n2)cc2c1ccn2C. The second-order valence-corrected chi connectivity index (χ2v) is 4.51. The van der Waals surface area contributed by atoms with Crippen LogP contribution in [0.3, 0.4) is 0 Å². The summed E-state index contributed by atoms with van der Waals surface area (Å²) in [7, 11) is 3.55. The molecule has 2 N–H and O–H groups in total. The van der Waals surface area contributed by atoms with Crippen LogP contribution in [0.15, 0.2) is 30.5 Å². The van der Waals surface area contributed by atoms with E-state index in [9.17, 15) is 4.79 Å². The minimum Gasteiger partial charge on any atom is -0.496 e. The number of aromatic nitrogens is 3. The Hall–Kier alpha value is -2.76. The first-order valence-electron chi connectivity index (χ1n) is 6.02. The van der Waals surface area contributed by atoms with Crippen molar-refractivity contribution in [2.45, 2.75) is 0 Å². The van der Waals surface area contributed by atoms with E-state index in [-0.39, 0.29) is 5.69 Å². The van der Waals surface area contributed by atoms with Crippen molar-refractivity contribution in [1.29, 1.82) is 0 Å². The number of carbonyl (C=O) groups is 1. The number of hydrogen-bond donors (Lipinski definition) is 2. The van der Waals surface area contributed by atoms with Crippen LogP contribution >= 0.6 is 0 Å². The van der Waals surface area contributed by atoms with Crippen molar-refractivity contribution in [3.63, 3.8) is 0 Å². The van der Waals surface area contributed by atoms with Gasteiger partial charge in [-0.1, -0.05) is 0 Å². The minimum atomic E-state index is -1.03. The molecule has 0 fully saturated rings. The monoisotopic (exact) mass is 271 g/mol. The number of H-pyrrole nitrogens is 1. The highest BCUT2D eigenvalue weighted by molar-refractivity contribution is 5.92. The van der Waals surface area contributed by atoms with E-state index in [1.54, 1.807) is 7.11 Å². The Kier molecular flexibility index (Phi) is 2.71. The lowest BCUT2D eigenvalue weighted by atomic mass is 10.1. The normalized spacial score (nSPS) is 10.9. The standard InChI is InChI=1S/C14H13N3O3/c1-17-4-3-9-12(17)5-8(6-13(9)20-2)10-7-11(14(18)19)16-15-10/h3-7H,1-2H3,(H,15,16)(H,18,19). The van der Waals surface area contributed by atoms with Crippen molar-refractivity contribution in [3.8, 4) is 17.0 Å². The fraction of sp³-hybridized carbons (Fsp3) is 0.143. The molecule has 20 heavy (non-hydrogen) atoms. The Balaban J connectivity index is 2.19. The van der Waals surface area contributed by atoms with Crippen LogP contribution in [-0.4, -0.2) is 33.0 Å². The molecular weight excluding hydrogens is 258 g/mol. The third kappa shape index (κ3) is 1.82. The molecule has 0 aliphatic carbocycles. The molecule has 6 nitrogen and oxygen atoms in total. The summed E-state index contributed by atoms with van der Waals surface area (Å²) in [6.07, 6.45) is 1.95. The van der Waals surface area contributed by atoms with Gasteiger partial charge in [-0.05, 0) is 24.3 Å². The first-order valence-corrected chi connectivity index (χ1v) is 6.02. The lowest BCUT2D eigenvalue weighted by Gasteiger charge is -2.06. The van der Waals surface area contributed by atoms with Gasteiger partial charge in [0.25, 0.3) is 0 Å². The zero-order chi connectivity index (χ0) is 14.3. The summed E-state index contributed by atoms with van der Waals surface area (Å²) >= 11 is 0. The zero-order valence-corrected chi connectivity index (χ0v) is 11.0. The molecule has 6 heteroatoms. The quantitative estimate of drug-likeness (QED) is 0.765. The second kappa shape index (κ2) is 4.41. The molecule has 1 aromatic carbocycles. The van der Waals surface area contributed by atoms with Crippen LogP contribution in [0.1, 0.15) is 10.5 Å². The van der Waals surface area contributed by atoms with E-state index < -0.39 is 5.97 Å². The fourth-order valence-corrected chi connectivity index (χ4v) is 2.23. The summed E-state index contributed by atoms with van der Waals surface area (Å²) in [4.78, 5) is 10.9. The molecule has 0 saturated carbocycles. The first kappa shape index (κ1) is 12.3. The summed E-state index contributed by atoms with van der Waals surface area (Å²) in [5, 5.41) is 16.5. The molecule has 2 heterocycles. The van der Waals surface area contributed by atoms with Crippen LogP contribution in [0.5, 0.6) is 5.75 Å². The molecule has 3 aromatic rings. The average molecular weight is 271 g/mol. The number of hydrogen-bond acceptors (Lipinski definition) is 3. The van der Waals surface area contributed by atoms with Gasteiger partial charge >= 0.3 is 5.97 Å². The molecule has 102 valence electrons. The van der Waals surface area contributed by atoms with Crippen LogP contribution in [0, 0.1) is 0 Å². The molecule has 0 spiro atoms. The highest BCUT2D eigenvalue weighted by Crippen LogP contribution is 2.32. The molecule has 2 aromatic heterocycles. The Morgan fingerprint density at radius 1 is 1.40 bits per heavy atom. The topological polar surface area (TPSA) is 80.1 Å². The molecular formula is C14H13N3O3. The summed E-state index contributed by atoms with van der Waals surface area (Å²) in [5.41, 5.74) is 2.44. The third-order valence-corrected chi connectivity index (χ3v) is 3.29. The number of aryl methyl sites for hydroxylation is 1. The van der Waals surface area contributed by atoms with Crippen LogP contribution in [-0.2, 0) is 7.05 Å². The zero-order valence-electron chi connectivity index (χ0n) is 11.0. The molecule has 0 amide bonds. The van der Waals surface area contributed by atoms with Crippen LogP contribution in [0.4, 0.5) is 0 Å². The predicted octanol–water partition coefficient (Wildman–Crippen LogP) is 2.28. The van der Waals surface area contributed by atoms with Gasteiger partial charge in [0.15, 0.2) is 0 Å². The maximum Gasteiger partial charge on any atom is 0.353 e. The van der Waals surface area contributed by atoms with Crippen LogP contribution < -0.4 is 4.74 Å². The largest absolute Gasteiger partial charge is 0.496 e. The van der Waals surface area contributed by atoms with Crippen LogP contribution in [0.25, 0.3) is 22.2 Å². The van der Waals surface area contributed by atoms with Gasteiger partial charge in [-0.2, -0.15) is 5.10 Å². The van der Waals surface area contributed by atoms with Gasteiger partial charge in [-0.25, -0.2) is 4.79 Å². The summed E-state index contributed by atoms with van der Waals surface area (Å²) in [6.45, 7) is 0. The van der Waals surface area contributed by atoms with E-state index >= 15 is 0 Å². The Morgan fingerprint density at radius 2 is 2.20 bits per heavy atom. The van der Waals surface area contributed by atoms with E-state index in [0.29, 0.717) is 5.69 Å². The van der Waals surface area contributed by atoms with Gasteiger partial charge in [-0.3, -0.25) is 5.10 Å². The van der Waals surface area contributed by atoms with Crippen molar-refractivity contribution < 1.29 is 14.6 Å². The molecule has 0 radical (unpaired) electrons. The number of nitrogens with zero attached hydrogens (tertiary/aromatic N) is 2. The lowest BCUT2D eigenvalue weighted by molar-refractivity contribution is 0.0690. The second-order valence-electron chi connectivity index (χ2n) is 4.51. The molecule has 0 bridgehead atoms. The van der Waals surface area contributed by atoms with Gasteiger partial charge in [0.05, 0.1) is 18.3 Å². The third-order valence-electron chi connectivity index (χ3n) is 3.29. The predicted molar refractivity (Wildman–Crippen MR) is 74.0 cm³/mol. The van der Waals surface area contributed by atoms with Crippen molar-refractivity contribution in [3.05, 3.63) is 36.2 Å². The number of aromatic carboxylic acids is 1. The molecule has 3 rings (SSSR count). The van der Waals surface area contributed by atoms with Crippen molar-refractivity contribution in [1.82, 2.24) is 14.8 Å². The highest BCUT2D eigenvalue weighted by atomic mass is 16.5. The van der Waals surface area contributed by atoms with Crippen molar-refractivity contribution in [2.24, 2.45) is 7.05 Å². The Labute approximate surface area is 114 Å². The molecule has 0 atom stereocenters. The van der Waals surface area contributed by atoms with Crippen molar-refractivity contribution >= 4 is 16.9 Å². The van der Waals surface area contributed by atoms with Crippen molar-refractivity contribution in [2.75, 3.05) is 7.11 Å². The summed E-state index contributed by atoms with van der Waals surface area (Å²) in [6, 6.07) is 7.29. The van der Waals surface area contributed by atoms with Gasteiger partial charge in [0.1, 0.15) is 11.4 Å². The molecule has 0 aliphatic rings. The number of benzene rings is 1. The maximum atomic E-state index is 10.9. The summed E-state index contributed by atoms with van der Waals surface area (Å²) in [5.74, 6) is -0.298. The Morgan fingerprint density at radius 3 is 2.85 bits per heavy atom. The highest BCUT2D eigenvalue weighted by Gasteiger charge is 2.13. The first-order chi connectivity index (χ1) is 9.60. The number of rotatable bonds is 3.